The van der Waals surface area contributed by atoms with E-state index in [9.17, 15) is 4.57 Å². The highest BCUT2D eigenvalue weighted by atomic mass is 79.9. The van der Waals surface area contributed by atoms with Gasteiger partial charge in [0.1, 0.15) is 0 Å². The average Bonchev–Trinajstić information content (AvgIpc) is 1.63. The van der Waals surface area contributed by atoms with E-state index in [-0.39, 0.29) is 6.61 Å². The summed E-state index contributed by atoms with van der Waals surface area (Å²) in [6.07, 6.45) is 0. The summed E-state index contributed by atoms with van der Waals surface area (Å²) in [6.45, 7) is 0.630. The van der Waals surface area contributed by atoms with Crippen molar-refractivity contribution in [1.29, 1.82) is 0 Å². The predicted octanol–water partition coefficient (Wildman–Crippen LogP) is 2.39. The predicted molar refractivity (Wildman–Crippen MR) is 40.2 cm³/mol. The first-order valence-electron chi connectivity index (χ1n) is 2.19. The highest BCUT2D eigenvalue weighted by molar-refractivity contribution is 9.42. The SMILES string of the molecule is COCCOP(=O)(Cl)Br. The van der Waals surface area contributed by atoms with E-state index in [2.05, 4.69) is 24.7 Å². The summed E-state index contributed by atoms with van der Waals surface area (Å²) in [6, 6.07) is 0. The zero-order valence-electron chi connectivity index (χ0n) is 4.84. The molecule has 0 heterocycles. The molecule has 0 bridgehead atoms. The lowest BCUT2D eigenvalue weighted by molar-refractivity contribution is 0.151. The molecule has 0 spiro atoms. The Bertz CT molecular complexity index is 114. The van der Waals surface area contributed by atoms with Crippen LogP contribution in [0.2, 0.25) is 0 Å². The molecule has 0 N–H and O–H groups in total. The quantitative estimate of drug-likeness (QED) is 0.556. The van der Waals surface area contributed by atoms with E-state index in [0.29, 0.717) is 6.61 Å². The van der Waals surface area contributed by atoms with E-state index < -0.39 is 5.42 Å². The standard InChI is InChI=1S/C3H7BrClO3P/c1-7-2-3-8-9(4,5)6/h2-3H2,1H3. The molecule has 0 aromatic rings. The second-order valence-corrected chi connectivity index (χ2v) is 7.69. The van der Waals surface area contributed by atoms with Crippen LogP contribution in [0.1, 0.15) is 0 Å². The number of ether oxygens (including phenoxy) is 1. The Morgan fingerprint density at radius 3 is 2.56 bits per heavy atom. The molecule has 0 fully saturated rings. The number of methoxy groups -OCH3 is 1. The smallest absolute Gasteiger partial charge is 0.353 e. The molecule has 0 rings (SSSR count). The maximum absolute atomic E-state index is 10.5. The Kier molecular flexibility index (Phi) is 5.17. The molecule has 3 nitrogen and oxygen atoms in total. The normalized spacial score (nSPS) is 17.2. The van der Waals surface area contributed by atoms with E-state index in [4.69, 9.17) is 11.2 Å². The second-order valence-electron chi connectivity index (χ2n) is 1.24. The van der Waals surface area contributed by atoms with Crippen molar-refractivity contribution in [2.45, 2.75) is 0 Å². The third kappa shape index (κ3) is 8.92. The molecule has 9 heavy (non-hydrogen) atoms. The van der Waals surface area contributed by atoms with Crippen molar-refractivity contribution in [3.05, 3.63) is 0 Å². The Morgan fingerprint density at radius 2 is 2.22 bits per heavy atom. The Labute approximate surface area is 66.6 Å². The highest BCUT2D eigenvalue weighted by Gasteiger charge is 2.11. The lowest BCUT2D eigenvalue weighted by Crippen LogP contribution is -1.96. The maximum atomic E-state index is 10.5. The van der Waals surface area contributed by atoms with E-state index in [1.807, 2.05) is 0 Å². The number of hydrogen-bond donors (Lipinski definition) is 0. The van der Waals surface area contributed by atoms with Crippen LogP contribution in [0.15, 0.2) is 0 Å². The van der Waals surface area contributed by atoms with Crippen LogP contribution in [0.5, 0.6) is 0 Å². The van der Waals surface area contributed by atoms with Crippen LogP contribution < -0.4 is 0 Å². The fourth-order valence-corrected chi connectivity index (χ4v) is 1.16. The zero-order chi connectivity index (χ0) is 7.33. The highest BCUT2D eigenvalue weighted by Crippen LogP contribution is 2.59. The molecule has 0 amide bonds. The van der Waals surface area contributed by atoms with Crippen LogP contribution in [0.4, 0.5) is 0 Å². The van der Waals surface area contributed by atoms with Crippen molar-refractivity contribution in [2.24, 2.45) is 0 Å². The topological polar surface area (TPSA) is 35.5 Å². The third-order valence-electron chi connectivity index (χ3n) is 0.529. The average molecular weight is 237 g/mol. The van der Waals surface area contributed by atoms with Gasteiger partial charge in [-0.15, -0.1) is 0 Å². The van der Waals surface area contributed by atoms with Crippen molar-refractivity contribution in [3.8, 4) is 0 Å². The van der Waals surface area contributed by atoms with Gasteiger partial charge < -0.3 is 9.26 Å². The first-order chi connectivity index (χ1) is 4.06. The van der Waals surface area contributed by atoms with Crippen molar-refractivity contribution in [3.63, 3.8) is 0 Å². The largest absolute Gasteiger partial charge is 0.382 e. The fraction of sp³-hybridized carbons (Fsp3) is 1.00. The Balaban J connectivity index is 3.18. The number of halogens is 2. The number of hydrogen-bond acceptors (Lipinski definition) is 3. The van der Waals surface area contributed by atoms with E-state index in [1.54, 1.807) is 0 Å². The molecule has 0 aliphatic carbocycles. The summed E-state index contributed by atoms with van der Waals surface area (Å²) in [7, 11) is 1.52. The van der Waals surface area contributed by atoms with Gasteiger partial charge in [-0.1, -0.05) is 0 Å². The molecule has 0 saturated carbocycles. The van der Waals surface area contributed by atoms with Crippen molar-refractivity contribution in [1.82, 2.24) is 0 Å². The van der Waals surface area contributed by atoms with E-state index in [1.165, 1.54) is 7.11 Å². The third-order valence-corrected chi connectivity index (χ3v) is 1.92. The molecule has 0 saturated heterocycles. The van der Waals surface area contributed by atoms with Gasteiger partial charge in [-0.05, 0) is 11.2 Å². The van der Waals surface area contributed by atoms with Crippen molar-refractivity contribution in [2.75, 3.05) is 20.3 Å². The van der Waals surface area contributed by atoms with Gasteiger partial charge in [-0.2, -0.15) is 0 Å². The van der Waals surface area contributed by atoms with Crippen LogP contribution in [-0.2, 0) is 13.8 Å². The van der Waals surface area contributed by atoms with E-state index >= 15 is 0 Å². The van der Waals surface area contributed by atoms with Crippen molar-refractivity contribution >= 4 is 32.2 Å². The molecule has 0 radical (unpaired) electrons. The van der Waals surface area contributed by atoms with Crippen molar-refractivity contribution < 1.29 is 13.8 Å². The molecule has 1 atom stereocenters. The summed E-state index contributed by atoms with van der Waals surface area (Å²) in [4.78, 5) is 0. The summed E-state index contributed by atoms with van der Waals surface area (Å²) in [5.41, 5.74) is -2.99. The summed E-state index contributed by atoms with van der Waals surface area (Å²) in [5.74, 6) is 0. The molecule has 1 unspecified atom stereocenters. The summed E-state index contributed by atoms with van der Waals surface area (Å²) >= 11 is 7.82. The first-order valence-corrected chi connectivity index (χ1v) is 6.74. The minimum Gasteiger partial charge on any atom is -0.382 e. The van der Waals surface area contributed by atoms with E-state index in [0.717, 1.165) is 0 Å². The molecule has 0 aromatic heterocycles. The molecule has 56 valence electrons. The Hall–Kier alpha value is 0.920. The Morgan fingerprint density at radius 1 is 1.67 bits per heavy atom. The monoisotopic (exact) mass is 236 g/mol. The van der Waals surface area contributed by atoms with Gasteiger partial charge in [0.05, 0.1) is 13.2 Å². The van der Waals surface area contributed by atoms with Gasteiger partial charge in [0.2, 0.25) is 0 Å². The van der Waals surface area contributed by atoms with Gasteiger partial charge in [0.25, 0.3) is 0 Å². The first kappa shape index (κ1) is 9.92. The molecular weight excluding hydrogens is 230 g/mol. The lowest BCUT2D eigenvalue weighted by atomic mass is 10.8. The minimum absolute atomic E-state index is 0.239. The summed E-state index contributed by atoms with van der Waals surface area (Å²) < 4.78 is 19.7. The fourth-order valence-electron chi connectivity index (χ4n) is 0.227. The summed E-state index contributed by atoms with van der Waals surface area (Å²) in [5, 5.41) is 0. The molecule has 6 heteroatoms. The number of rotatable bonds is 4. The van der Waals surface area contributed by atoms with Gasteiger partial charge in [0.15, 0.2) is 0 Å². The van der Waals surface area contributed by atoms with Gasteiger partial charge in [-0.3, -0.25) is 4.57 Å². The van der Waals surface area contributed by atoms with Crippen LogP contribution >= 0.6 is 32.2 Å². The molecular formula is C3H7BrClO3P. The van der Waals surface area contributed by atoms with Crippen LogP contribution in [0.25, 0.3) is 0 Å². The van der Waals surface area contributed by atoms with Gasteiger partial charge >= 0.3 is 5.42 Å². The van der Waals surface area contributed by atoms with Gasteiger partial charge in [0, 0.05) is 22.6 Å². The molecule has 0 aliphatic heterocycles. The van der Waals surface area contributed by atoms with Crippen LogP contribution in [-0.4, -0.2) is 20.3 Å². The second kappa shape index (κ2) is 4.69. The van der Waals surface area contributed by atoms with Gasteiger partial charge in [-0.25, -0.2) is 0 Å². The maximum Gasteiger partial charge on any atom is 0.353 e. The van der Waals surface area contributed by atoms with Crippen LogP contribution in [0, 0.1) is 0 Å². The van der Waals surface area contributed by atoms with Crippen LogP contribution in [0.3, 0.4) is 0 Å². The molecule has 0 aliphatic rings. The lowest BCUT2D eigenvalue weighted by Gasteiger charge is -2.01. The zero-order valence-corrected chi connectivity index (χ0v) is 8.08. The minimum atomic E-state index is -2.99. The molecule has 0 aromatic carbocycles.